The monoisotopic (exact) mass is 788 g/mol. The van der Waals surface area contributed by atoms with Gasteiger partial charge in [-0.1, -0.05) is 37.6 Å². The molecule has 10 rings (SSSR count). The first-order valence-electron chi connectivity index (χ1n) is 21.6. The first-order valence-corrected chi connectivity index (χ1v) is 21.6. The van der Waals surface area contributed by atoms with E-state index in [4.69, 9.17) is 9.47 Å². The van der Waals surface area contributed by atoms with Gasteiger partial charge in [-0.2, -0.15) is 0 Å². The number of allylic oxidation sites excluding steroid dienone is 7. The summed E-state index contributed by atoms with van der Waals surface area (Å²) in [6.07, 6.45) is 15.8. The number of aryl methyl sites for hydroxylation is 1. The molecule has 61 heavy (non-hydrogen) atoms. The van der Waals surface area contributed by atoms with Crippen LogP contribution in [-0.4, -0.2) is 19.5 Å². The SMILES string of the molecule is C=C(/C=C(\B=C(C)c1cccc(-c2ccc(Oc3cccc4c3C3=C(CCC=C3)C4(C)C)c(OC)c2)c1)c1ccc2c3c(c4ccccc4c2c1)CCC=C3)c1ccccc1. The molecule has 3 aliphatic rings. The van der Waals surface area contributed by atoms with Gasteiger partial charge in [0.05, 0.1) is 0 Å². The molecule has 0 N–H and O–H groups in total. The second-order valence-electron chi connectivity index (χ2n) is 17.1. The van der Waals surface area contributed by atoms with Gasteiger partial charge in [-0.3, -0.25) is 0 Å². The molecule has 0 radical (unpaired) electrons. The van der Waals surface area contributed by atoms with Crippen molar-refractivity contribution in [2.45, 2.75) is 51.9 Å². The molecule has 296 valence electrons. The molecule has 0 aromatic heterocycles. The first kappa shape index (κ1) is 38.5. The van der Waals surface area contributed by atoms with Gasteiger partial charge in [-0.05, 0) is 12.8 Å². The van der Waals surface area contributed by atoms with E-state index < -0.39 is 0 Å². The van der Waals surface area contributed by atoms with E-state index in [1.165, 1.54) is 54.9 Å². The van der Waals surface area contributed by atoms with Crippen LogP contribution >= 0.6 is 0 Å². The van der Waals surface area contributed by atoms with Crippen molar-refractivity contribution in [1.82, 2.24) is 0 Å². The molecule has 0 aliphatic heterocycles. The number of rotatable bonds is 9. The van der Waals surface area contributed by atoms with Crippen LogP contribution in [0.3, 0.4) is 0 Å². The Morgan fingerprint density at radius 1 is 0.639 bits per heavy atom. The van der Waals surface area contributed by atoms with Crippen LogP contribution in [0.25, 0.3) is 55.4 Å². The number of methoxy groups -OCH3 is 1. The van der Waals surface area contributed by atoms with Gasteiger partial charge in [0.25, 0.3) is 0 Å². The zero-order chi connectivity index (χ0) is 41.7. The van der Waals surface area contributed by atoms with Gasteiger partial charge < -0.3 is 0 Å². The molecule has 3 aliphatic carbocycles. The average molecular weight is 789 g/mol. The minimum atomic E-state index is -0.0194. The molecule has 0 unspecified atom stereocenters. The quantitative estimate of drug-likeness (QED) is 0.0824. The van der Waals surface area contributed by atoms with Gasteiger partial charge in [0.15, 0.2) is 0 Å². The maximum atomic E-state index is 6.75. The summed E-state index contributed by atoms with van der Waals surface area (Å²) >= 11 is 0. The molecular weight excluding hydrogens is 739 g/mol. The van der Waals surface area contributed by atoms with Crippen LogP contribution in [0.5, 0.6) is 17.2 Å². The normalized spacial score (nSPS) is 15.3. The van der Waals surface area contributed by atoms with Crippen LogP contribution in [-0.2, 0) is 11.8 Å². The second kappa shape index (κ2) is 15.7. The summed E-state index contributed by atoms with van der Waals surface area (Å²) in [6.45, 7) is 13.7. The number of hydrogen-bond acceptors (Lipinski definition) is 2. The zero-order valence-electron chi connectivity index (χ0n) is 35.5. The van der Waals surface area contributed by atoms with E-state index in [-0.39, 0.29) is 5.41 Å². The first-order chi connectivity index (χ1) is 29.8. The number of hydrogen-bond donors (Lipinski definition) is 0. The van der Waals surface area contributed by atoms with E-state index in [2.05, 4.69) is 192 Å². The van der Waals surface area contributed by atoms with Crippen molar-refractivity contribution in [2.75, 3.05) is 7.11 Å². The third-order valence-electron chi connectivity index (χ3n) is 13.1. The standard InChI is InChI=1S/C58H49BO2/c1-37(39-17-7-6-8-18-39)33-53(43-29-31-48-46-23-10-9-21-44(46)45-22-11-12-24-47(45)50(48)35-43)59-38(2)40-19-15-20-41(34-40)42-30-32-54(56(36-42)60-5)61-55-28-16-27-52-57(55)49-25-13-14-26-51(49)58(52,3)4/h6-8,10-13,15-20,22-25,27-36H,1,9,14,21,26H2,2-5H3/b53-33-. The summed E-state index contributed by atoms with van der Waals surface area (Å²) < 4.78 is 12.8. The third-order valence-corrected chi connectivity index (χ3v) is 13.1. The zero-order valence-corrected chi connectivity index (χ0v) is 35.5. The molecule has 0 fully saturated rings. The summed E-state index contributed by atoms with van der Waals surface area (Å²) in [4.78, 5) is 0. The summed E-state index contributed by atoms with van der Waals surface area (Å²) in [5.41, 5.74) is 16.9. The molecule has 0 saturated heterocycles. The van der Waals surface area contributed by atoms with Gasteiger partial charge >= 0.3 is 306 Å². The molecule has 0 amide bonds. The Morgan fingerprint density at radius 2 is 1.39 bits per heavy atom. The Bertz CT molecular complexity index is 3080. The fraction of sp³-hybridized carbons (Fsp3) is 0.155. The van der Waals surface area contributed by atoms with Gasteiger partial charge in [0.1, 0.15) is 0 Å². The van der Waals surface area contributed by atoms with E-state index in [0.29, 0.717) is 11.5 Å². The van der Waals surface area contributed by atoms with Crippen molar-refractivity contribution >= 4 is 56.6 Å². The Morgan fingerprint density at radius 3 is 2.25 bits per heavy atom. The summed E-state index contributed by atoms with van der Waals surface area (Å²) in [5.74, 6) is 2.26. The molecular formula is C58H49BO2. The van der Waals surface area contributed by atoms with Crippen LogP contribution in [0.15, 0.2) is 170 Å². The van der Waals surface area contributed by atoms with Gasteiger partial charge in [0.2, 0.25) is 0 Å². The number of ether oxygens (including phenoxy) is 2. The Labute approximate surface area is 360 Å². The Kier molecular flexibility index (Phi) is 9.92. The van der Waals surface area contributed by atoms with E-state index >= 15 is 0 Å². The summed E-state index contributed by atoms with van der Waals surface area (Å²) in [5, 5.41) is 5.24. The topological polar surface area (TPSA) is 18.5 Å². The molecule has 3 heteroatoms. The Balaban J connectivity index is 1.01. The van der Waals surface area contributed by atoms with Crippen molar-refractivity contribution in [1.29, 1.82) is 0 Å². The second-order valence-corrected chi connectivity index (χ2v) is 17.1. The van der Waals surface area contributed by atoms with Gasteiger partial charge in [0, 0.05) is 5.41 Å². The number of benzene rings is 7. The number of fused-ring (bicyclic) bond motifs is 8. The van der Waals surface area contributed by atoms with Crippen LogP contribution in [0, 0.1) is 0 Å². The molecule has 0 spiro atoms. The molecule has 0 bridgehead atoms. The van der Waals surface area contributed by atoms with E-state index in [1.807, 2.05) is 6.07 Å². The van der Waals surface area contributed by atoms with Crippen molar-refractivity contribution in [3.05, 3.63) is 209 Å². The molecule has 0 saturated carbocycles. The van der Waals surface area contributed by atoms with E-state index in [1.54, 1.807) is 7.11 Å². The third kappa shape index (κ3) is 6.93. The molecule has 2 nitrogen and oxygen atoms in total. The average Bonchev–Trinajstić information content (AvgIpc) is 3.55. The van der Waals surface area contributed by atoms with E-state index in [0.717, 1.165) is 75.8 Å². The summed E-state index contributed by atoms with van der Waals surface area (Å²) in [7, 11) is 1.72. The fourth-order valence-electron chi connectivity index (χ4n) is 9.93. The molecule has 7 aromatic rings. The Hall–Kier alpha value is -6.71. The van der Waals surface area contributed by atoms with Crippen molar-refractivity contribution in [3.8, 4) is 28.4 Å². The fourth-order valence-corrected chi connectivity index (χ4v) is 9.93. The van der Waals surface area contributed by atoms with Crippen molar-refractivity contribution in [3.63, 3.8) is 0 Å². The van der Waals surface area contributed by atoms with E-state index in [9.17, 15) is 0 Å². The van der Waals surface area contributed by atoms with Crippen molar-refractivity contribution < 1.29 is 9.47 Å². The van der Waals surface area contributed by atoms with Gasteiger partial charge in [-0.25, -0.2) is 0 Å². The van der Waals surface area contributed by atoms with Crippen LogP contribution in [0.4, 0.5) is 0 Å². The predicted molar refractivity (Wildman–Crippen MR) is 261 cm³/mol. The van der Waals surface area contributed by atoms with Crippen LogP contribution in [0.1, 0.15) is 79.0 Å². The molecule has 7 aromatic carbocycles. The molecule has 0 heterocycles. The predicted octanol–water partition coefficient (Wildman–Crippen LogP) is 14.8. The maximum absolute atomic E-state index is 6.75. The molecule has 0 atom stereocenters. The minimum absolute atomic E-state index is 0.0194. The van der Waals surface area contributed by atoms with Crippen LogP contribution in [0.2, 0.25) is 0 Å². The van der Waals surface area contributed by atoms with Crippen molar-refractivity contribution in [2.24, 2.45) is 0 Å². The summed E-state index contributed by atoms with van der Waals surface area (Å²) in [6, 6.07) is 47.8. The van der Waals surface area contributed by atoms with Gasteiger partial charge in [-0.15, -0.1) is 0 Å². The van der Waals surface area contributed by atoms with Crippen LogP contribution < -0.4 is 9.47 Å².